The minimum atomic E-state index is 0. The minimum Gasteiger partial charge on any atom is -0.392 e. The summed E-state index contributed by atoms with van der Waals surface area (Å²) in [6.45, 7) is 3.67. The van der Waals surface area contributed by atoms with Crippen LogP contribution in [0, 0.1) is 17.8 Å². The van der Waals surface area contributed by atoms with Crippen LogP contribution in [0.15, 0.2) is 0 Å². The van der Waals surface area contributed by atoms with Gasteiger partial charge >= 0.3 is 0 Å². The summed E-state index contributed by atoms with van der Waals surface area (Å²) < 4.78 is 0. The van der Waals surface area contributed by atoms with Gasteiger partial charge in [-0.05, 0) is 30.6 Å². The fourth-order valence-corrected chi connectivity index (χ4v) is 3.38. The number of hydrogen-bond acceptors (Lipinski definition) is 2. The van der Waals surface area contributed by atoms with Crippen molar-refractivity contribution in [2.75, 3.05) is 19.6 Å². The van der Waals surface area contributed by atoms with E-state index < -0.39 is 0 Å². The molecule has 1 aliphatic carbocycles. The Kier molecular flexibility index (Phi) is 2.22. The molecule has 1 N–H and O–H groups in total. The van der Waals surface area contributed by atoms with Gasteiger partial charge < -0.3 is 10.0 Å². The average molecular weight is 234 g/mol. The van der Waals surface area contributed by atoms with Crippen LogP contribution < -0.4 is 0 Å². The highest BCUT2D eigenvalue weighted by Crippen LogP contribution is 2.43. The number of nitrogens with zero attached hydrogens (tertiary/aromatic N) is 1. The van der Waals surface area contributed by atoms with Gasteiger partial charge in [0.15, 0.2) is 0 Å². The second-order valence-electron chi connectivity index (χ2n) is 4.57. The van der Waals surface area contributed by atoms with Crippen molar-refractivity contribution < 1.29 is 5.11 Å². The Hall–Kier alpha value is 0.400. The molecule has 3 saturated heterocycles. The zero-order valence-electron chi connectivity index (χ0n) is 7.15. The van der Waals surface area contributed by atoms with E-state index in [1.807, 2.05) is 0 Å². The fourth-order valence-electron chi connectivity index (χ4n) is 3.38. The van der Waals surface area contributed by atoms with Crippen molar-refractivity contribution in [2.24, 2.45) is 17.8 Å². The van der Waals surface area contributed by atoms with Gasteiger partial charge in [-0.1, -0.05) is 0 Å². The first-order valence-electron chi connectivity index (χ1n) is 4.73. The molecule has 4 rings (SSSR count). The Morgan fingerprint density at radius 2 is 1.58 bits per heavy atom. The quantitative estimate of drug-likeness (QED) is 0.673. The molecular weight excluding hydrogens is 218 g/mol. The summed E-state index contributed by atoms with van der Waals surface area (Å²) >= 11 is 0. The summed E-state index contributed by atoms with van der Waals surface area (Å²) in [5.41, 5.74) is 0. The molecule has 4 bridgehead atoms. The number of aliphatic hydroxyl groups excluding tert-OH is 1. The Bertz CT molecular complexity index is 157. The summed E-state index contributed by atoms with van der Waals surface area (Å²) in [7, 11) is 0. The third-order valence-corrected chi connectivity index (χ3v) is 3.74. The summed E-state index contributed by atoms with van der Waals surface area (Å²) in [6.07, 6.45) is 2.64. The molecule has 2 atom stereocenters. The van der Waals surface area contributed by atoms with Crippen molar-refractivity contribution >= 4 is 17.0 Å². The van der Waals surface area contributed by atoms with Crippen LogP contribution in [0.3, 0.4) is 0 Å². The predicted octanol–water partition coefficient (Wildman–Crippen LogP) is 0.897. The first-order valence-corrected chi connectivity index (χ1v) is 4.73. The molecule has 12 heavy (non-hydrogen) atoms. The van der Waals surface area contributed by atoms with Crippen molar-refractivity contribution in [3.05, 3.63) is 0 Å². The lowest BCUT2D eigenvalue weighted by Gasteiger charge is -2.54. The molecule has 0 aromatic heterocycles. The average Bonchev–Trinajstić information content (AvgIpc) is 1.98. The van der Waals surface area contributed by atoms with E-state index in [1.165, 1.54) is 32.5 Å². The van der Waals surface area contributed by atoms with Crippen molar-refractivity contribution in [1.29, 1.82) is 0 Å². The van der Waals surface area contributed by atoms with Gasteiger partial charge in [-0.15, -0.1) is 17.0 Å². The first kappa shape index (κ1) is 8.97. The van der Waals surface area contributed by atoms with Gasteiger partial charge in [0.2, 0.25) is 0 Å². The summed E-state index contributed by atoms with van der Waals surface area (Å²) in [5, 5.41) is 9.80. The van der Waals surface area contributed by atoms with Crippen LogP contribution in [0.4, 0.5) is 0 Å². The number of piperidine rings is 3. The van der Waals surface area contributed by atoms with E-state index in [0.717, 1.165) is 5.92 Å². The summed E-state index contributed by atoms with van der Waals surface area (Å²) in [6, 6.07) is 0. The second-order valence-corrected chi connectivity index (χ2v) is 4.57. The first-order chi connectivity index (χ1) is 5.33. The number of rotatable bonds is 0. The SMILES string of the molecule is Br.OC1C2CC3CC1CN(C3)C2. The standard InChI is InChI=1S/C9H15NO.BrH/c11-9-7-1-6-2-8(9)5-10(3-6)4-7;/h6-9,11H,1-5H2;1H. The molecule has 70 valence electrons. The third-order valence-electron chi connectivity index (χ3n) is 3.74. The monoisotopic (exact) mass is 233 g/mol. The smallest absolute Gasteiger partial charge is 0.0621 e. The topological polar surface area (TPSA) is 23.5 Å². The van der Waals surface area contributed by atoms with Gasteiger partial charge in [0, 0.05) is 19.6 Å². The van der Waals surface area contributed by atoms with Crippen molar-refractivity contribution in [3.63, 3.8) is 0 Å². The van der Waals surface area contributed by atoms with Crippen LogP contribution in [0.5, 0.6) is 0 Å². The lowest BCUT2D eigenvalue weighted by atomic mass is 9.66. The van der Waals surface area contributed by atoms with Crippen LogP contribution in [-0.2, 0) is 0 Å². The van der Waals surface area contributed by atoms with Gasteiger partial charge in [-0.25, -0.2) is 0 Å². The lowest BCUT2D eigenvalue weighted by Crippen LogP contribution is -2.59. The van der Waals surface area contributed by atoms with E-state index >= 15 is 0 Å². The van der Waals surface area contributed by atoms with E-state index in [-0.39, 0.29) is 23.1 Å². The van der Waals surface area contributed by atoms with Crippen molar-refractivity contribution in [2.45, 2.75) is 18.9 Å². The Balaban J connectivity index is 0.000000563. The van der Waals surface area contributed by atoms with Crippen molar-refractivity contribution in [1.82, 2.24) is 4.90 Å². The Morgan fingerprint density at radius 3 is 2.08 bits per heavy atom. The summed E-state index contributed by atoms with van der Waals surface area (Å²) in [4.78, 5) is 2.54. The molecule has 2 nitrogen and oxygen atoms in total. The normalized spacial score (nSPS) is 55.2. The molecule has 0 aromatic carbocycles. The summed E-state index contributed by atoms with van der Waals surface area (Å²) in [5.74, 6) is 2.18. The zero-order valence-corrected chi connectivity index (χ0v) is 8.86. The van der Waals surface area contributed by atoms with E-state index in [9.17, 15) is 5.11 Å². The molecule has 0 spiro atoms. The van der Waals surface area contributed by atoms with Gasteiger partial charge in [0.05, 0.1) is 6.10 Å². The minimum absolute atomic E-state index is 0. The van der Waals surface area contributed by atoms with Gasteiger partial charge in [0.25, 0.3) is 0 Å². The third kappa shape index (κ3) is 1.14. The molecule has 2 unspecified atom stereocenters. The molecule has 4 aliphatic rings. The maximum absolute atomic E-state index is 9.80. The molecule has 0 amide bonds. The van der Waals surface area contributed by atoms with Crippen LogP contribution in [0.2, 0.25) is 0 Å². The predicted molar refractivity (Wildman–Crippen MR) is 52.5 cm³/mol. The van der Waals surface area contributed by atoms with E-state index in [1.54, 1.807) is 0 Å². The van der Waals surface area contributed by atoms with E-state index in [2.05, 4.69) is 4.90 Å². The van der Waals surface area contributed by atoms with Crippen LogP contribution in [0.25, 0.3) is 0 Å². The van der Waals surface area contributed by atoms with Gasteiger partial charge in [-0.3, -0.25) is 0 Å². The maximum Gasteiger partial charge on any atom is 0.0621 e. The van der Waals surface area contributed by atoms with Gasteiger partial charge in [0.1, 0.15) is 0 Å². The molecule has 4 fully saturated rings. The highest BCUT2D eigenvalue weighted by Gasteiger charge is 2.46. The second kappa shape index (κ2) is 2.96. The molecule has 0 radical (unpaired) electrons. The largest absolute Gasteiger partial charge is 0.392 e. The number of hydrogen-bond donors (Lipinski definition) is 1. The Morgan fingerprint density at radius 1 is 1.00 bits per heavy atom. The molecule has 1 saturated carbocycles. The molecule has 3 heterocycles. The van der Waals surface area contributed by atoms with E-state index in [4.69, 9.17) is 0 Å². The zero-order chi connectivity index (χ0) is 7.42. The number of halogens is 1. The van der Waals surface area contributed by atoms with Crippen molar-refractivity contribution in [3.8, 4) is 0 Å². The highest BCUT2D eigenvalue weighted by atomic mass is 79.9. The Labute approximate surface area is 83.7 Å². The fraction of sp³-hybridized carbons (Fsp3) is 1.00. The molecule has 3 aliphatic heterocycles. The van der Waals surface area contributed by atoms with E-state index in [0.29, 0.717) is 11.8 Å². The van der Waals surface area contributed by atoms with Crippen LogP contribution in [-0.4, -0.2) is 35.7 Å². The van der Waals surface area contributed by atoms with Gasteiger partial charge in [-0.2, -0.15) is 0 Å². The lowest BCUT2D eigenvalue weighted by molar-refractivity contribution is -0.110. The number of aliphatic hydroxyl groups is 1. The molecular formula is C9H16BrNO. The molecule has 0 aromatic rings. The highest BCUT2D eigenvalue weighted by molar-refractivity contribution is 8.93. The maximum atomic E-state index is 9.80. The van der Waals surface area contributed by atoms with Crippen LogP contribution in [0.1, 0.15) is 12.8 Å². The molecule has 3 heteroatoms. The van der Waals surface area contributed by atoms with Crippen LogP contribution >= 0.6 is 17.0 Å².